The molecule has 1 aliphatic heterocycles. The van der Waals surface area contributed by atoms with Gasteiger partial charge in [0.1, 0.15) is 16.1 Å². The molecule has 1 aromatic carbocycles. The minimum atomic E-state index is 0.0310. The lowest BCUT2D eigenvalue weighted by Gasteiger charge is -2.28. The fourth-order valence-electron chi connectivity index (χ4n) is 3.17. The number of nitrogens with one attached hydrogen (secondary N) is 1. The van der Waals surface area contributed by atoms with E-state index < -0.39 is 0 Å². The molecule has 1 N–H and O–H groups in total. The quantitative estimate of drug-likeness (QED) is 0.491. The Kier molecular flexibility index (Phi) is 5.77. The summed E-state index contributed by atoms with van der Waals surface area (Å²) >= 11 is 3.06. The number of thiazole rings is 1. The molecular weight excluding hydrogens is 390 g/mol. The fourth-order valence-corrected chi connectivity index (χ4v) is 5.10. The van der Waals surface area contributed by atoms with Gasteiger partial charge in [0.05, 0.1) is 5.75 Å². The lowest BCUT2D eigenvalue weighted by atomic mass is 10.0. The number of anilines is 1. The van der Waals surface area contributed by atoms with Gasteiger partial charge in [0.2, 0.25) is 5.91 Å². The first-order chi connectivity index (χ1) is 13.6. The van der Waals surface area contributed by atoms with Crippen molar-refractivity contribution in [2.24, 2.45) is 0 Å². The number of hydrogen-bond donors (Lipinski definition) is 1. The zero-order valence-corrected chi connectivity index (χ0v) is 17.6. The summed E-state index contributed by atoms with van der Waals surface area (Å²) in [4.78, 5) is 27.9. The number of amides is 1. The Hall–Kier alpha value is -2.19. The largest absolute Gasteiger partial charge is 0.353 e. The van der Waals surface area contributed by atoms with Crippen molar-refractivity contribution in [1.82, 2.24) is 20.3 Å². The first-order valence-corrected chi connectivity index (χ1v) is 11.3. The second-order valence-electron chi connectivity index (χ2n) is 6.93. The highest BCUT2D eigenvalue weighted by Crippen LogP contribution is 2.35. The number of nitrogens with zero attached hydrogens (tertiary/aromatic N) is 4. The number of carbonyl (C=O) groups excluding carboxylic acids is 1. The van der Waals surface area contributed by atoms with Gasteiger partial charge in [-0.05, 0) is 30.9 Å². The van der Waals surface area contributed by atoms with E-state index in [9.17, 15) is 4.79 Å². The van der Waals surface area contributed by atoms with Gasteiger partial charge >= 0.3 is 0 Å². The third-order valence-electron chi connectivity index (χ3n) is 4.91. The van der Waals surface area contributed by atoms with Crippen molar-refractivity contribution in [1.29, 1.82) is 0 Å². The van der Waals surface area contributed by atoms with Gasteiger partial charge in [-0.25, -0.2) is 9.97 Å². The Morgan fingerprint density at radius 3 is 2.96 bits per heavy atom. The first kappa shape index (κ1) is 19.1. The minimum absolute atomic E-state index is 0.0310. The van der Waals surface area contributed by atoms with Crippen LogP contribution in [0, 0.1) is 0 Å². The first-order valence-electron chi connectivity index (χ1n) is 9.49. The molecule has 0 saturated heterocycles. The standard InChI is InChI=1S/C20H23N5OS2/c1-3-13(2)23-16(26)11-27-19-17-18(21-12-22-19)24-20(28-17)25-9-8-14-6-4-5-7-15(14)10-25/h4-7,12-13H,3,8-11H2,1-2H3,(H,23,26). The van der Waals surface area contributed by atoms with E-state index in [1.54, 1.807) is 11.3 Å². The second kappa shape index (κ2) is 8.45. The molecule has 0 fully saturated rings. The Bertz CT molecular complexity index is 990. The van der Waals surface area contributed by atoms with Crippen LogP contribution >= 0.6 is 23.1 Å². The van der Waals surface area contributed by atoms with Crippen molar-refractivity contribution in [3.63, 3.8) is 0 Å². The Morgan fingerprint density at radius 1 is 1.32 bits per heavy atom. The van der Waals surface area contributed by atoms with Gasteiger partial charge in [-0.1, -0.05) is 54.3 Å². The maximum absolute atomic E-state index is 12.1. The molecule has 3 aromatic rings. The summed E-state index contributed by atoms with van der Waals surface area (Å²) in [6, 6.07) is 8.77. The summed E-state index contributed by atoms with van der Waals surface area (Å²) in [5.74, 6) is 0.379. The van der Waals surface area contributed by atoms with Crippen LogP contribution in [0.4, 0.5) is 5.13 Å². The third-order valence-corrected chi connectivity index (χ3v) is 7.14. The van der Waals surface area contributed by atoms with Crippen molar-refractivity contribution in [3.05, 3.63) is 41.7 Å². The molecule has 0 aliphatic carbocycles. The molecule has 1 amide bonds. The topological polar surface area (TPSA) is 71.0 Å². The molecule has 6 nitrogen and oxygen atoms in total. The molecule has 1 unspecified atom stereocenters. The Morgan fingerprint density at radius 2 is 2.14 bits per heavy atom. The molecule has 0 bridgehead atoms. The smallest absolute Gasteiger partial charge is 0.230 e. The van der Waals surface area contributed by atoms with E-state index in [1.807, 2.05) is 6.92 Å². The van der Waals surface area contributed by atoms with Crippen LogP contribution in [-0.4, -0.2) is 39.2 Å². The predicted octanol–water partition coefficient (Wildman–Crippen LogP) is 3.66. The molecule has 2 aromatic heterocycles. The second-order valence-corrected chi connectivity index (χ2v) is 8.88. The van der Waals surface area contributed by atoms with E-state index in [2.05, 4.69) is 51.4 Å². The van der Waals surface area contributed by atoms with Gasteiger partial charge in [-0.3, -0.25) is 4.79 Å². The monoisotopic (exact) mass is 413 g/mol. The van der Waals surface area contributed by atoms with Gasteiger partial charge in [-0.15, -0.1) is 0 Å². The highest BCUT2D eigenvalue weighted by Gasteiger charge is 2.21. The van der Waals surface area contributed by atoms with E-state index in [4.69, 9.17) is 4.98 Å². The van der Waals surface area contributed by atoms with Crippen molar-refractivity contribution in [2.75, 3.05) is 17.2 Å². The van der Waals surface area contributed by atoms with Gasteiger partial charge in [0.15, 0.2) is 10.8 Å². The SMILES string of the molecule is CCC(C)NC(=O)CSc1ncnc2nc(N3CCc4ccccc4C3)sc12. The maximum atomic E-state index is 12.1. The lowest BCUT2D eigenvalue weighted by molar-refractivity contribution is -0.119. The molecule has 4 rings (SSSR count). The van der Waals surface area contributed by atoms with Crippen LogP contribution in [0.3, 0.4) is 0 Å². The molecular formula is C20H23N5OS2. The number of aromatic nitrogens is 3. The van der Waals surface area contributed by atoms with Gasteiger partial charge < -0.3 is 10.2 Å². The molecule has 28 heavy (non-hydrogen) atoms. The van der Waals surface area contributed by atoms with Crippen molar-refractivity contribution < 1.29 is 4.79 Å². The lowest BCUT2D eigenvalue weighted by Crippen LogP contribution is -2.33. The molecule has 0 spiro atoms. The predicted molar refractivity (Wildman–Crippen MR) is 115 cm³/mol. The normalized spacial score (nSPS) is 14.7. The maximum Gasteiger partial charge on any atom is 0.230 e. The fraction of sp³-hybridized carbons (Fsp3) is 0.400. The number of rotatable bonds is 6. The van der Waals surface area contributed by atoms with E-state index in [-0.39, 0.29) is 11.9 Å². The van der Waals surface area contributed by atoms with Crippen molar-refractivity contribution >= 4 is 44.5 Å². The summed E-state index contributed by atoms with van der Waals surface area (Å²) in [6.45, 7) is 5.88. The summed E-state index contributed by atoms with van der Waals surface area (Å²) in [5.41, 5.74) is 3.48. The summed E-state index contributed by atoms with van der Waals surface area (Å²) in [5, 5.41) is 4.78. The molecule has 1 aliphatic rings. The van der Waals surface area contributed by atoms with Gasteiger partial charge in [0.25, 0.3) is 0 Å². The molecule has 0 radical (unpaired) electrons. The van der Waals surface area contributed by atoms with Gasteiger partial charge in [0, 0.05) is 19.1 Å². The highest BCUT2D eigenvalue weighted by molar-refractivity contribution is 8.00. The average molecular weight is 414 g/mol. The molecule has 8 heteroatoms. The van der Waals surface area contributed by atoms with E-state index >= 15 is 0 Å². The van der Waals surface area contributed by atoms with Crippen LogP contribution in [0.15, 0.2) is 35.6 Å². The average Bonchev–Trinajstić information content (AvgIpc) is 3.16. The number of hydrogen-bond acceptors (Lipinski definition) is 7. The number of carbonyl (C=O) groups is 1. The van der Waals surface area contributed by atoms with Crippen LogP contribution in [0.1, 0.15) is 31.4 Å². The minimum Gasteiger partial charge on any atom is -0.353 e. The number of fused-ring (bicyclic) bond motifs is 2. The molecule has 146 valence electrons. The molecule has 1 atom stereocenters. The van der Waals surface area contributed by atoms with Crippen molar-refractivity contribution in [2.45, 2.75) is 44.3 Å². The number of thioether (sulfide) groups is 1. The van der Waals surface area contributed by atoms with E-state index in [0.717, 1.165) is 40.8 Å². The zero-order valence-electron chi connectivity index (χ0n) is 16.0. The Balaban J connectivity index is 1.50. The summed E-state index contributed by atoms with van der Waals surface area (Å²) in [7, 11) is 0. The summed E-state index contributed by atoms with van der Waals surface area (Å²) < 4.78 is 0.956. The van der Waals surface area contributed by atoms with Crippen LogP contribution in [0.5, 0.6) is 0 Å². The van der Waals surface area contributed by atoms with Crippen LogP contribution < -0.4 is 10.2 Å². The molecule has 3 heterocycles. The van der Waals surface area contributed by atoms with Crippen LogP contribution in [0.25, 0.3) is 10.3 Å². The van der Waals surface area contributed by atoms with Crippen molar-refractivity contribution in [3.8, 4) is 0 Å². The molecule has 0 saturated carbocycles. The van der Waals surface area contributed by atoms with E-state index in [0.29, 0.717) is 11.4 Å². The Labute approximate surface area is 172 Å². The number of benzene rings is 1. The summed E-state index contributed by atoms with van der Waals surface area (Å²) in [6.07, 6.45) is 3.48. The zero-order chi connectivity index (χ0) is 19.5. The van der Waals surface area contributed by atoms with Crippen LogP contribution in [-0.2, 0) is 17.8 Å². The third kappa shape index (κ3) is 4.12. The van der Waals surface area contributed by atoms with Crippen LogP contribution in [0.2, 0.25) is 0 Å². The van der Waals surface area contributed by atoms with Gasteiger partial charge in [-0.2, -0.15) is 4.98 Å². The highest BCUT2D eigenvalue weighted by atomic mass is 32.2. The van der Waals surface area contributed by atoms with E-state index in [1.165, 1.54) is 29.2 Å².